The van der Waals surface area contributed by atoms with Gasteiger partial charge in [-0.25, -0.2) is 0 Å². The molecule has 2 aromatic rings. The maximum absolute atomic E-state index is 12.8. The number of carbonyl (C=O) groups is 2. The molecule has 0 aliphatic carbocycles. The summed E-state index contributed by atoms with van der Waals surface area (Å²) in [6.45, 7) is 0.708. The third-order valence-corrected chi connectivity index (χ3v) is 4.09. The monoisotopic (exact) mass is 355 g/mol. The van der Waals surface area contributed by atoms with Gasteiger partial charge in [-0.3, -0.25) is 9.59 Å². The predicted molar refractivity (Wildman–Crippen MR) is 97.4 cm³/mol. The minimum absolute atomic E-state index is 0.0363. The van der Waals surface area contributed by atoms with Gasteiger partial charge in [-0.2, -0.15) is 0 Å². The van der Waals surface area contributed by atoms with Crippen LogP contribution in [0.3, 0.4) is 0 Å². The fraction of sp³-hybridized carbons (Fsp3) is 0.263. The van der Waals surface area contributed by atoms with Crippen molar-refractivity contribution in [3.8, 4) is 17.2 Å². The van der Waals surface area contributed by atoms with Crippen LogP contribution in [0.15, 0.2) is 42.5 Å². The zero-order valence-corrected chi connectivity index (χ0v) is 14.5. The molecule has 1 aliphatic heterocycles. The van der Waals surface area contributed by atoms with Gasteiger partial charge in [0.25, 0.3) is 0 Å². The Bertz CT molecular complexity index is 822. The molecule has 1 heterocycles. The largest absolute Gasteiger partial charge is 0.508 e. The van der Waals surface area contributed by atoms with Crippen LogP contribution in [-0.4, -0.2) is 37.1 Å². The summed E-state index contributed by atoms with van der Waals surface area (Å²) in [5.74, 6) is 0.690. The Morgan fingerprint density at radius 1 is 1.19 bits per heavy atom. The number of aromatic hydroxyl groups is 1. The van der Waals surface area contributed by atoms with Crippen molar-refractivity contribution in [2.24, 2.45) is 0 Å². The number of amides is 2. The fourth-order valence-corrected chi connectivity index (χ4v) is 2.73. The van der Waals surface area contributed by atoms with Crippen LogP contribution in [0.5, 0.6) is 17.2 Å². The Balaban J connectivity index is 1.84. The van der Waals surface area contributed by atoms with Gasteiger partial charge >= 0.3 is 0 Å². The summed E-state index contributed by atoms with van der Waals surface area (Å²) in [6, 6.07) is 12.1. The molecule has 1 aliphatic rings. The zero-order valence-electron chi connectivity index (χ0n) is 14.5. The molecule has 2 aromatic carbocycles. The number of rotatable bonds is 5. The third-order valence-electron chi connectivity index (χ3n) is 4.09. The first kappa shape index (κ1) is 17.8. The van der Waals surface area contributed by atoms with Crippen LogP contribution in [0.2, 0.25) is 0 Å². The van der Waals surface area contributed by atoms with Crippen molar-refractivity contribution in [1.29, 1.82) is 0 Å². The lowest BCUT2D eigenvalue weighted by Gasteiger charge is -2.22. The highest BCUT2D eigenvalue weighted by atomic mass is 16.5. The van der Waals surface area contributed by atoms with E-state index in [0.29, 0.717) is 30.2 Å². The standard InChI is InChI=1S/C19H21N3O4/c1-20-9-8-18(24)21-11-19(25)22-12-13-4-2-3-5-16(13)26-17-7-6-14(23)10-15(17)22/h2-7,10,20,23H,8-9,11-12H2,1H3,(H,21,24). The van der Waals surface area contributed by atoms with E-state index < -0.39 is 0 Å². The number of hydrogen-bond acceptors (Lipinski definition) is 5. The molecule has 0 saturated heterocycles. The molecule has 0 atom stereocenters. The van der Waals surface area contributed by atoms with Crippen LogP contribution >= 0.6 is 0 Å². The number of anilines is 1. The van der Waals surface area contributed by atoms with E-state index in [0.717, 1.165) is 5.56 Å². The first-order valence-electron chi connectivity index (χ1n) is 8.39. The molecule has 7 heteroatoms. The van der Waals surface area contributed by atoms with E-state index in [2.05, 4.69) is 10.6 Å². The average molecular weight is 355 g/mol. The van der Waals surface area contributed by atoms with Crippen LogP contribution < -0.4 is 20.3 Å². The quantitative estimate of drug-likeness (QED) is 0.760. The highest BCUT2D eigenvalue weighted by Crippen LogP contribution is 2.40. The smallest absolute Gasteiger partial charge is 0.246 e. The van der Waals surface area contributed by atoms with Crippen molar-refractivity contribution in [1.82, 2.24) is 10.6 Å². The van der Waals surface area contributed by atoms with E-state index in [1.54, 1.807) is 13.1 Å². The molecule has 0 aromatic heterocycles. The second kappa shape index (κ2) is 7.88. The van der Waals surface area contributed by atoms with Crippen molar-refractivity contribution in [2.75, 3.05) is 25.0 Å². The van der Waals surface area contributed by atoms with Crippen molar-refractivity contribution in [3.63, 3.8) is 0 Å². The van der Waals surface area contributed by atoms with Gasteiger partial charge in [0, 0.05) is 24.6 Å². The van der Waals surface area contributed by atoms with E-state index in [1.807, 2.05) is 24.3 Å². The van der Waals surface area contributed by atoms with E-state index >= 15 is 0 Å². The Hall–Kier alpha value is -3.06. The second-order valence-electron chi connectivity index (χ2n) is 5.97. The van der Waals surface area contributed by atoms with Gasteiger partial charge in [0.15, 0.2) is 5.75 Å². The molecule has 7 nitrogen and oxygen atoms in total. The number of benzene rings is 2. The number of hydrogen-bond donors (Lipinski definition) is 3. The molecule has 0 saturated carbocycles. The number of ether oxygens (including phenoxy) is 1. The molecule has 0 radical (unpaired) electrons. The third kappa shape index (κ3) is 3.94. The normalized spacial score (nSPS) is 12.4. The minimum atomic E-state index is -0.282. The van der Waals surface area contributed by atoms with E-state index in [1.165, 1.54) is 17.0 Å². The number of carbonyl (C=O) groups excluding carboxylic acids is 2. The maximum Gasteiger partial charge on any atom is 0.246 e. The Morgan fingerprint density at radius 2 is 2.00 bits per heavy atom. The first-order chi connectivity index (χ1) is 12.6. The van der Waals surface area contributed by atoms with Crippen LogP contribution in [0.1, 0.15) is 12.0 Å². The van der Waals surface area contributed by atoms with Gasteiger partial charge in [-0.15, -0.1) is 0 Å². The zero-order chi connectivity index (χ0) is 18.5. The van der Waals surface area contributed by atoms with Crippen molar-refractivity contribution in [2.45, 2.75) is 13.0 Å². The topological polar surface area (TPSA) is 90.9 Å². The molecule has 0 unspecified atom stereocenters. The predicted octanol–water partition coefficient (Wildman–Crippen LogP) is 1.76. The molecular formula is C19H21N3O4. The maximum atomic E-state index is 12.8. The highest BCUT2D eigenvalue weighted by molar-refractivity contribution is 5.98. The summed E-state index contributed by atoms with van der Waals surface area (Å²) in [6.07, 6.45) is 0.299. The van der Waals surface area contributed by atoms with E-state index in [9.17, 15) is 14.7 Å². The SMILES string of the molecule is CNCCC(=O)NCC(=O)N1Cc2ccccc2Oc2ccc(O)cc21. The number of nitrogens with one attached hydrogen (secondary N) is 2. The van der Waals surface area contributed by atoms with Gasteiger partial charge < -0.3 is 25.4 Å². The molecule has 26 heavy (non-hydrogen) atoms. The van der Waals surface area contributed by atoms with Gasteiger partial charge in [0.05, 0.1) is 18.8 Å². The molecule has 0 bridgehead atoms. The number of phenols is 1. The van der Waals surface area contributed by atoms with Crippen molar-refractivity contribution < 1.29 is 19.4 Å². The summed E-state index contributed by atoms with van der Waals surface area (Å²) < 4.78 is 5.92. The average Bonchev–Trinajstić information content (AvgIpc) is 2.81. The molecule has 3 N–H and O–H groups in total. The lowest BCUT2D eigenvalue weighted by atomic mass is 10.2. The molecule has 0 spiro atoms. The molecule has 136 valence electrons. The molecule has 0 fully saturated rings. The van der Waals surface area contributed by atoms with Crippen LogP contribution in [0.4, 0.5) is 5.69 Å². The molecule has 2 amide bonds. The van der Waals surface area contributed by atoms with E-state index in [4.69, 9.17) is 4.74 Å². The summed E-state index contributed by atoms with van der Waals surface area (Å²) in [5, 5.41) is 15.4. The lowest BCUT2D eigenvalue weighted by molar-refractivity contribution is -0.125. The summed E-state index contributed by atoms with van der Waals surface area (Å²) in [4.78, 5) is 26.1. The van der Waals surface area contributed by atoms with Gasteiger partial charge in [0.1, 0.15) is 11.5 Å². The minimum Gasteiger partial charge on any atom is -0.508 e. The Morgan fingerprint density at radius 3 is 2.81 bits per heavy atom. The number of nitrogens with zero attached hydrogens (tertiary/aromatic N) is 1. The Kier molecular flexibility index (Phi) is 5.38. The van der Waals surface area contributed by atoms with Gasteiger partial charge in [0.2, 0.25) is 11.8 Å². The Labute approximate surface area is 151 Å². The fourth-order valence-electron chi connectivity index (χ4n) is 2.73. The lowest BCUT2D eigenvalue weighted by Crippen LogP contribution is -2.40. The second-order valence-corrected chi connectivity index (χ2v) is 5.97. The highest BCUT2D eigenvalue weighted by Gasteiger charge is 2.25. The van der Waals surface area contributed by atoms with Crippen LogP contribution in [-0.2, 0) is 16.1 Å². The van der Waals surface area contributed by atoms with Crippen molar-refractivity contribution in [3.05, 3.63) is 48.0 Å². The van der Waals surface area contributed by atoms with Crippen LogP contribution in [0, 0.1) is 0 Å². The van der Waals surface area contributed by atoms with E-state index in [-0.39, 0.29) is 30.7 Å². The molecule has 3 rings (SSSR count). The summed E-state index contributed by atoms with van der Waals surface area (Å²) in [5.41, 5.74) is 1.31. The summed E-state index contributed by atoms with van der Waals surface area (Å²) in [7, 11) is 1.76. The number of fused-ring (bicyclic) bond motifs is 2. The van der Waals surface area contributed by atoms with Gasteiger partial charge in [-0.05, 0) is 25.2 Å². The van der Waals surface area contributed by atoms with Crippen LogP contribution in [0.25, 0.3) is 0 Å². The van der Waals surface area contributed by atoms with Gasteiger partial charge in [-0.1, -0.05) is 18.2 Å². The number of para-hydroxylation sites is 1. The van der Waals surface area contributed by atoms with Crippen molar-refractivity contribution >= 4 is 17.5 Å². The molecular weight excluding hydrogens is 334 g/mol. The summed E-state index contributed by atoms with van der Waals surface area (Å²) >= 11 is 0. The number of phenolic OH excluding ortho intramolecular Hbond substituents is 1. The first-order valence-corrected chi connectivity index (χ1v) is 8.39.